The van der Waals surface area contributed by atoms with Gasteiger partial charge in [0, 0.05) is 0 Å². The molecular formula is C28H23N3O6. The van der Waals surface area contributed by atoms with Crippen LogP contribution >= 0.6 is 0 Å². The standard InChI is InChI=1S/C28H23N3O6/c1-3-34-22-9-5-4-8-20(22)31-27(32)17(2)37-28(33)18-12-13-19-21(16-18)30-26(24-11-7-15-36-24)25(29-19)23-10-6-14-35-23/h4-17H,3H2,1-2H3,(H,31,32). The van der Waals surface area contributed by atoms with E-state index >= 15 is 0 Å². The normalized spacial score (nSPS) is 11.7. The first-order valence-corrected chi connectivity index (χ1v) is 11.7. The maximum absolute atomic E-state index is 12.9. The maximum Gasteiger partial charge on any atom is 0.338 e. The second-order valence-electron chi connectivity index (χ2n) is 8.04. The first-order valence-electron chi connectivity index (χ1n) is 11.7. The largest absolute Gasteiger partial charge is 0.492 e. The van der Waals surface area contributed by atoms with E-state index in [1.165, 1.54) is 6.92 Å². The van der Waals surface area contributed by atoms with Gasteiger partial charge in [0.15, 0.2) is 17.6 Å². The smallest absolute Gasteiger partial charge is 0.338 e. The SMILES string of the molecule is CCOc1ccccc1NC(=O)C(C)OC(=O)c1ccc2nc(-c3ccco3)c(-c3ccco3)nc2c1. The molecule has 2 aromatic carbocycles. The van der Waals surface area contributed by atoms with Crippen molar-refractivity contribution in [2.45, 2.75) is 20.0 Å². The number of furan rings is 2. The highest BCUT2D eigenvalue weighted by molar-refractivity contribution is 5.99. The number of carbonyl (C=O) groups is 2. The molecule has 1 unspecified atom stereocenters. The number of aromatic nitrogens is 2. The Kier molecular flexibility index (Phi) is 6.67. The van der Waals surface area contributed by atoms with E-state index in [-0.39, 0.29) is 5.56 Å². The van der Waals surface area contributed by atoms with Crippen LogP contribution in [0.5, 0.6) is 5.75 Å². The Bertz CT molecular complexity index is 1540. The van der Waals surface area contributed by atoms with Crippen molar-refractivity contribution in [3.8, 4) is 28.7 Å². The molecule has 1 N–H and O–H groups in total. The van der Waals surface area contributed by atoms with Gasteiger partial charge in [-0.15, -0.1) is 0 Å². The second kappa shape index (κ2) is 10.4. The predicted octanol–water partition coefficient (Wildman–Crippen LogP) is 5.73. The van der Waals surface area contributed by atoms with Crippen LogP contribution < -0.4 is 10.1 Å². The number of ether oxygens (including phenoxy) is 2. The van der Waals surface area contributed by atoms with E-state index in [1.807, 2.05) is 13.0 Å². The highest BCUT2D eigenvalue weighted by atomic mass is 16.5. The molecule has 0 aliphatic carbocycles. The summed E-state index contributed by atoms with van der Waals surface area (Å²) in [5.74, 6) is 0.427. The van der Waals surface area contributed by atoms with Crippen LogP contribution in [0.25, 0.3) is 33.9 Å². The van der Waals surface area contributed by atoms with E-state index in [0.717, 1.165) is 0 Å². The summed E-state index contributed by atoms with van der Waals surface area (Å²) in [7, 11) is 0. The second-order valence-corrected chi connectivity index (χ2v) is 8.04. The quantitative estimate of drug-likeness (QED) is 0.270. The first kappa shape index (κ1) is 23.8. The zero-order valence-corrected chi connectivity index (χ0v) is 20.1. The summed E-state index contributed by atoms with van der Waals surface area (Å²) in [6.45, 7) is 3.81. The van der Waals surface area contributed by atoms with Crippen LogP contribution in [0.4, 0.5) is 5.69 Å². The number of carbonyl (C=O) groups excluding carboxylic acids is 2. The van der Waals surface area contributed by atoms with E-state index in [0.29, 0.717) is 52.0 Å². The van der Waals surface area contributed by atoms with Gasteiger partial charge >= 0.3 is 5.97 Å². The molecule has 5 aromatic rings. The molecule has 186 valence electrons. The van der Waals surface area contributed by atoms with Crippen molar-refractivity contribution in [2.24, 2.45) is 0 Å². The molecule has 37 heavy (non-hydrogen) atoms. The molecule has 0 fully saturated rings. The number of hydrogen-bond acceptors (Lipinski definition) is 8. The molecule has 3 aromatic heterocycles. The van der Waals surface area contributed by atoms with Crippen molar-refractivity contribution in [2.75, 3.05) is 11.9 Å². The third kappa shape index (κ3) is 5.06. The number of esters is 1. The summed E-state index contributed by atoms with van der Waals surface area (Å²) < 4.78 is 22.0. The van der Waals surface area contributed by atoms with Crippen molar-refractivity contribution < 1.29 is 27.9 Å². The van der Waals surface area contributed by atoms with Gasteiger partial charge in [0.25, 0.3) is 5.91 Å². The topological polar surface area (TPSA) is 117 Å². The maximum atomic E-state index is 12.9. The van der Waals surface area contributed by atoms with Crippen molar-refractivity contribution in [1.82, 2.24) is 9.97 Å². The zero-order chi connectivity index (χ0) is 25.8. The number of para-hydroxylation sites is 2. The average Bonchev–Trinajstić information content (AvgIpc) is 3.64. The van der Waals surface area contributed by atoms with E-state index in [9.17, 15) is 9.59 Å². The average molecular weight is 498 g/mol. The number of anilines is 1. The highest BCUT2D eigenvalue weighted by Crippen LogP contribution is 2.32. The Morgan fingerprint density at radius 1 is 0.892 bits per heavy atom. The van der Waals surface area contributed by atoms with Gasteiger partial charge in [0.05, 0.1) is 41.4 Å². The molecule has 0 saturated carbocycles. The lowest BCUT2D eigenvalue weighted by Gasteiger charge is -2.16. The lowest BCUT2D eigenvalue weighted by atomic mass is 10.1. The van der Waals surface area contributed by atoms with Crippen molar-refractivity contribution >= 4 is 28.6 Å². The Morgan fingerprint density at radius 2 is 1.57 bits per heavy atom. The van der Waals surface area contributed by atoms with Crippen molar-refractivity contribution in [3.63, 3.8) is 0 Å². The molecule has 3 heterocycles. The summed E-state index contributed by atoms with van der Waals surface area (Å²) in [5, 5.41) is 2.74. The Labute approximate surface area is 212 Å². The molecule has 9 heteroatoms. The van der Waals surface area contributed by atoms with Crippen LogP contribution in [0.3, 0.4) is 0 Å². The van der Waals surface area contributed by atoms with Crippen molar-refractivity contribution in [1.29, 1.82) is 0 Å². The van der Waals surface area contributed by atoms with E-state index in [4.69, 9.17) is 23.3 Å². The van der Waals surface area contributed by atoms with Gasteiger partial charge in [-0.3, -0.25) is 4.79 Å². The van der Waals surface area contributed by atoms with E-state index in [1.54, 1.807) is 73.2 Å². The fraction of sp³-hybridized carbons (Fsp3) is 0.143. The Balaban J connectivity index is 1.38. The molecule has 0 spiro atoms. The molecule has 5 rings (SSSR count). The van der Waals surface area contributed by atoms with Crippen LogP contribution in [-0.4, -0.2) is 34.6 Å². The number of amides is 1. The van der Waals surface area contributed by atoms with Gasteiger partial charge in [-0.25, -0.2) is 14.8 Å². The highest BCUT2D eigenvalue weighted by Gasteiger charge is 2.22. The van der Waals surface area contributed by atoms with E-state index < -0.39 is 18.0 Å². The number of nitrogens with one attached hydrogen (secondary N) is 1. The Morgan fingerprint density at radius 3 is 2.22 bits per heavy atom. The minimum absolute atomic E-state index is 0.229. The third-order valence-corrected chi connectivity index (χ3v) is 5.51. The van der Waals surface area contributed by atoms with Gasteiger partial charge in [-0.1, -0.05) is 12.1 Å². The number of hydrogen-bond donors (Lipinski definition) is 1. The van der Waals surface area contributed by atoms with Crippen LogP contribution in [0.2, 0.25) is 0 Å². The lowest BCUT2D eigenvalue weighted by Crippen LogP contribution is -2.30. The first-order chi connectivity index (χ1) is 18.0. The van der Waals surface area contributed by atoms with Crippen LogP contribution in [0.1, 0.15) is 24.2 Å². The van der Waals surface area contributed by atoms with Gasteiger partial charge in [-0.2, -0.15) is 0 Å². The summed E-state index contributed by atoms with van der Waals surface area (Å²) >= 11 is 0. The zero-order valence-electron chi connectivity index (χ0n) is 20.1. The summed E-state index contributed by atoms with van der Waals surface area (Å²) in [5.41, 5.74) is 2.72. The van der Waals surface area contributed by atoms with Gasteiger partial charge in [0.2, 0.25) is 0 Å². The van der Waals surface area contributed by atoms with Crippen LogP contribution in [-0.2, 0) is 9.53 Å². The number of fused-ring (bicyclic) bond motifs is 1. The summed E-state index contributed by atoms with van der Waals surface area (Å²) in [6, 6.07) is 18.9. The van der Waals surface area contributed by atoms with Crippen LogP contribution in [0.15, 0.2) is 88.1 Å². The van der Waals surface area contributed by atoms with Gasteiger partial charge < -0.3 is 23.6 Å². The number of rotatable bonds is 8. The van der Waals surface area contributed by atoms with Gasteiger partial charge in [0.1, 0.15) is 17.1 Å². The molecule has 0 saturated heterocycles. The predicted molar refractivity (Wildman–Crippen MR) is 136 cm³/mol. The molecule has 9 nitrogen and oxygen atoms in total. The number of nitrogens with zero attached hydrogens (tertiary/aromatic N) is 2. The molecule has 0 aliphatic heterocycles. The molecule has 0 radical (unpaired) electrons. The number of benzene rings is 2. The Hall–Kier alpha value is -4.92. The molecule has 1 atom stereocenters. The fourth-order valence-corrected chi connectivity index (χ4v) is 3.72. The minimum atomic E-state index is -1.05. The minimum Gasteiger partial charge on any atom is -0.492 e. The molecule has 1 amide bonds. The molecular weight excluding hydrogens is 474 g/mol. The van der Waals surface area contributed by atoms with E-state index in [2.05, 4.69) is 10.3 Å². The molecule has 0 aliphatic rings. The summed E-state index contributed by atoms with van der Waals surface area (Å²) in [6.07, 6.45) is 2.04. The van der Waals surface area contributed by atoms with Crippen molar-refractivity contribution in [3.05, 3.63) is 84.8 Å². The van der Waals surface area contributed by atoms with Crippen LogP contribution in [0, 0.1) is 0 Å². The summed E-state index contributed by atoms with van der Waals surface area (Å²) in [4.78, 5) is 35.0. The lowest BCUT2D eigenvalue weighted by molar-refractivity contribution is -0.123. The van der Waals surface area contributed by atoms with Gasteiger partial charge in [-0.05, 0) is 68.4 Å². The molecule has 0 bridgehead atoms. The third-order valence-electron chi connectivity index (χ3n) is 5.51. The monoisotopic (exact) mass is 497 g/mol. The fourth-order valence-electron chi connectivity index (χ4n) is 3.72.